The van der Waals surface area contributed by atoms with Gasteiger partial charge in [0.1, 0.15) is 11.6 Å². The van der Waals surface area contributed by atoms with E-state index in [1.54, 1.807) is 6.07 Å². The Bertz CT molecular complexity index is 1140. The molecule has 30 heavy (non-hydrogen) atoms. The fourth-order valence-electron chi connectivity index (χ4n) is 2.48. The molecular formula is C21H19FN4O4. The lowest BCUT2D eigenvalue weighted by molar-refractivity contribution is -0.123. The van der Waals surface area contributed by atoms with Crippen molar-refractivity contribution in [2.24, 2.45) is 0 Å². The zero-order valence-corrected chi connectivity index (χ0v) is 16.3. The third-order valence-electron chi connectivity index (χ3n) is 4.27. The number of carbonyl (C=O) groups is 2. The van der Waals surface area contributed by atoms with E-state index in [1.807, 2.05) is 26.0 Å². The van der Waals surface area contributed by atoms with Gasteiger partial charge in [-0.2, -0.15) is 9.78 Å². The highest BCUT2D eigenvalue weighted by atomic mass is 19.1. The van der Waals surface area contributed by atoms with Crippen LogP contribution in [0.1, 0.15) is 21.6 Å². The number of nitrogens with one attached hydrogen (secondary N) is 2. The van der Waals surface area contributed by atoms with Gasteiger partial charge in [0, 0.05) is 6.07 Å². The fourth-order valence-corrected chi connectivity index (χ4v) is 2.48. The van der Waals surface area contributed by atoms with Gasteiger partial charge in [0.25, 0.3) is 17.4 Å². The Morgan fingerprint density at radius 1 is 1.00 bits per heavy atom. The third-order valence-corrected chi connectivity index (χ3v) is 4.27. The molecule has 0 aliphatic heterocycles. The molecular weight excluding hydrogens is 391 g/mol. The third kappa shape index (κ3) is 5.07. The molecule has 0 unspecified atom stereocenters. The Balaban J connectivity index is 1.59. The zero-order chi connectivity index (χ0) is 21.7. The van der Waals surface area contributed by atoms with E-state index in [2.05, 4.69) is 16.0 Å². The molecule has 8 nitrogen and oxygen atoms in total. The number of hydrogen-bond acceptors (Lipinski definition) is 5. The summed E-state index contributed by atoms with van der Waals surface area (Å²) in [4.78, 5) is 36.2. The van der Waals surface area contributed by atoms with Gasteiger partial charge in [0.2, 0.25) is 0 Å². The zero-order valence-electron chi connectivity index (χ0n) is 16.3. The molecule has 0 atom stereocenters. The van der Waals surface area contributed by atoms with Gasteiger partial charge < -0.3 is 4.74 Å². The first-order valence-corrected chi connectivity index (χ1v) is 8.99. The minimum absolute atomic E-state index is 0.116. The van der Waals surface area contributed by atoms with Gasteiger partial charge >= 0.3 is 0 Å². The minimum Gasteiger partial charge on any atom is -0.484 e. The van der Waals surface area contributed by atoms with E-state index >= 15 is 0 Å². The number of carbonyl (C=O) groups excluding carboxylic acids is 2. The number of ether oxygens (including phenoxy) is 1. The molecule has 0 saturated heterocycles. The number of benzene rings is 2. The predicted octanol–water partition coefficient (Wildman–Crippen LogP) is 1.83. The SMILES string of the molecule is Cc1ccc(OCC(=O)NNC(=O)c2ccc(=O)n(-c3ccc(F)cc3)n2)cc1C. The van der Waals surface area contributed by atoms with Crippen LogP contribution >= 0.6 is 0 Å². The van der Waals surface area contributed by atoms with E-state index in [9.17, 15) is 18.8 Å². The van der Waals surface area contributed by atoms with Crippen molar-refractivity contribution in [3.63, 3.8) is 0 Å². The van der Waals surface area contributed by atoms with Gasteiger partial charge in [-0.05, 0) is 67.4 Å². The predicted molar refractivity (Wildman–Crippen MR) is 107 cm³/mol. The average molecular weight is 410 g/mol. The summed E-state index contributed by atoms with van der Waals surface area (Å²) in [6.45, 7) is 3.60. The summed E-state index contributed by atoms with van der Waals surface area (Å²) in [5, 5.41) is 3.95. The number of hydrogen-bond donors (Lipinski definition) is 2. The molecule has 1 heterocycles. The lowest BCUT2D eigenvalue weighted by Crippen LogP contribution is -2.44. The van der Waals surface area contributed by atoms with E-state index in [0.29, 0.717) is 11.4 Å². The molecule has 154 valence electrons. The number of hydrazine groups is 1. The van der Waals surface area contributed by atoms with Crippen molar-refractivity contribution in [1.29, 1.82) is 0 Å². The van der Waals surface area contributed by atoms with Gasteiger partial charge in [0.15, 0.2) is 12.3 Å². The van der Waals surface area contributed by atoms with Crippen LogP contribution in [0.15, 0.2) is 59.4 Å². The van der Waals surface area contributed by atoms with Crippen LogP contribution in [-0.2, 0) is 4.79 Å². The number of rotatable bonds is 5. The van der Waals surface area contributed by atoms with Crippen LogP contribution in [0, 0.1) is 19.7 Å². The van der Waals surface area contributed by atoms with Crippen LogP contribution < -0.4 is 21.1 Å². The van der Waals surface area contributed by atoms with Crippen molar-refractivity contribution in [2.45, 2.75) is 13.8 Å². The second-order valence-electron chi connectivity index (χ2n) is 6.48. The molecule has 2 N–H and O–H groups in total. The van der Waals surface area contributed by atoms with Gasteiger partial charge in [-0.3, -0.25) is 25.2 Å². The molecule has 2 aromatic carbocycles. The number of nitrogens with zero attached hydrogens (tertiary/aromatic N) is 2. The lowest BCUT2D eigenvalue weighted by atomic mass is 10.1. The Labute approximate surface area is 171 Å². The summed E-state index contributed by atoms with van der Waals surface area (Å²) in [5.41, 5.74) is 6.24. The number of halogens is 1. The second-order valence-corrected chi connectivity index (χ2v) is 6.48. The summed E-state index contributed by atoms with van der Waals surface area (Å²) in [7, 11) is 0. The van der Waals surface area contributed by atoms with Crippen molar-refractivity contribution < 1.29 is 18.7 Å². The maximum absolute atomic E-state index is 13.1. The van der Waals surface area contributed by atoms with Gasteiger partial charge in [0.05, 0.1) is 5.69 Å². The summed E-state index contributed by atoms with van der Waals surface area (Å²) in [5.74, 6) is -1.24. The van der Waals surface area contributed by atoms with Crippen molar-refractivity contribution in [3.05, 3.63) is 87.6 Å². The highest BCUT2D eigenvalue weighted by molar-refractivity contribution is 5.93. The van der Waals surface area contributed by atoms with Crippen molar-refractivity contribution >= 4 is 11.8 Å². The monoisotopic (exact) mass is 410 g/mol. The summed E-state index contributed by atoms with van der Waals surface area (Å²) >= 11 is 0. The minimum atomic E-state index is -0.731. The summed E-state index contributed by atoms with van der Waals surface area (Å²) in [6, 6.07) is 12.9. The molecule has 0 saturated carbocycles. The smallest absolute Gasteiger partial charge is 0.290 e. The molecule has 0 bridgehead atoms. The van der Waals surface area contributed by atoms with Gasteiger partial charge in [-0.15, -0.1) is 0 Å². The van der Waals surface area contributed by atoms with E-state index in [4.69, 9.17) is 4.74 Å². The highest BCUT2D eigenvalue weighted by Crippen LogP contribution is 2.16. The van der Waals surface area contributed by atoms with E-state index in [1.165, 1.54) is 30.3 Å². The molecule has 0 aliphatic carbocycles. The van der Waals surface area contributed by atoms with Crippen LogP contribution in [0.4, 0.5) is 4.39 Å². The first-order valence-electron chi connectivity index (χ1n) is 8.99. The topological polar surface area (TPSA) is 102 Å². The van der Waals surface area contributed by atoms with Crippen LogP contribution in [-0.4, -0.2) is 28.2 Å². The van der Waals surface area contributed by atoms with Gasteiger partial charge in [-0.25, -0.2) is 4.39 Å². The first-order chi connectivity index (χ1) is 14.3. The number of aromatic nitrogens is 2. The molecule has 0 radical (unpaired) electrons. The molecule has 1 aromatic heterocycles. The summed E-state index contributed by atoms with van der Waals surface area (Å²) < 4.78 is 19.4. The normalized spacial score (nSPS) is 10.4. The second kappa shape index (κ2) is 8.99. The van der Waals surface area contributed by atoms with Gasteiger partial charge in [-0.1, -0.05) is 6.07 Å². The molecule has 0 spiro atoms. The Hall–Kier alpha value is -4.01. The van der Waals surface area contributed by atoms with Crippen molar-refractivity contribution in [3.8, 4) is 11.4 Å². The standard InChI is InChI=1S/C21H19FN4O4/c1-13-3-8-17(11-14(13)2)30-12-19(27)23-24-21(29)18-9-10-20(28)26(25-18)16-6-4-15(22)5-7-16/h3-11H,12H2,1-2H3,(H,23,27)(H,24,29). The first kappa shape index (κ1) is 20.7. The maximum Gasteiger partial charge on any atom is 0.290 e. The van der Waals surface area contributed by atoms with E-state index in [0.717, 1.165) is 21.9 Å². The molecule has 3 aromatic rings. The van der Waals surface area contributed by atoms with Crippen molar-refractivity contribution in [1.82, 2.24) is 20.6 Å². The molecule has 9 heteroatoms. The number of aryl methyl sites for hydroxylation is 2. The van der Waals surface area contributed by atoms with Crippen LogP contribution in [0.2, 0.25) is 0 Å². The molecule has 0 aliphatic rings. The average Bonchev–Trinajstić information content (AvgIpc) is 2.74. The number of amides is 2. The van der Waals surface area contributed by atoms with Crippen molar-refractivity contribution in [2.75, 3.05) is 6.61 Å². The quantitative estimate of drug-likeness (QED) is 0.625. The van der Waals surface area contributed by atoms with E-state index in [-0.39, 0.29) is 12.3 Å². The van der Waals surface area contributed by atoms with Crippen LogP contribution in [0.25, 0.3) is 5.69 Å². The Kier molecular flexibility index (Phi) is 6.21. The highest BCUT2D eigenvalue weighted by Gasteiger charge is 2.12. The maximum atomic E-state index is 13.1. The van der Waals surface area contributed by atoms with Crippen LogP contribution in [0.3, 0.4) is 0 Å². The lowest BCUT2D eigenvalue weighted by Gasteiger charge is -2.10. The largest absolute Gasteiger partial charge is 0.484 e. The fraction of sp³-hybridized carbons (Fsp3) is 0.143. The molecule has 2 amide bonds. The Morgan fingerprint density at radius 2 is 1.73 bits per heavy atom. The Morgan fingerprint density at radius 3 is 2.43 bits per heavy atom. The molecule has 0 fully saturated rings. The van der Waals surface area contributed by atoms with Crippen LogP contribution in [0.5, 0.6) is 5.75 Å². The summed E-state index contributed by atoms with van der Waals surface area (Å²) in [6.07, 6.45) is 0. The molecule has 3 rings (SSSR count). The van der Waals surface area contributed by atoms with E-state index < -0.39 is 23.2 Å².